The Hall–Kier alpha value is -1.89. The fourth-order valence-electron chi connectivity index (χ4n) is 1.90. The highest BCUT2D eigenvalue weighted by Crippen LogP contribution is 2.14. The van der Waals surface area contributed by atoms with Gasteiger partial charge in [0, 0.05) is 26.2 Å². The Kier molecular flexibility index (Phi) is 5.74. The third-order valence-corrected chi connectivity index (χ3v) is 3.77. The predicted molar refractivity (Wildman–Crippen MR) is 89.2 cm³/mol. The Balaban J connectivity index is 2.18. The maximum Gasteiger partial charge on any atom is 0.231 e. The van der Waals surface area contributed by atoms with Crippen LogP contribution in [0, 0.1) is 0 Å². The Labute approximate surface area is 129 Å². The van der Waals surface area contributed by atoms with E-state index in [-0.39, 0.29) is 0 Å². The van der Waals surface area contributed by atoms with E-state index in [1.165, 1.54) is 5.56 Å². The van der Waals surface area contributed by atoms with Gasteiger partial charge in [-0.2, -0.15) is 26.3 Å². The number of thiophene rings is 1. The largest absolute Gasteiger partial charge is 0.354 e. The van der Waals surface area contributed by atoms with Crippen LogP contribution in [-0.2, 0) is 6.54 Å². The molecule has 0 saturated carbocycles. The number of nitrogens with zero attached hydrogens (tertiary/aromatic N) is 4. The van der Waals surface area contributed by atoms with Gasteiger partial charge in [0.15, 0.2) is 0 Å². The molecule has 2 heterocycles. The molecule has 0 unspecified atom stereocenters. The van der Waals surface area contributed by atoms with Crippen molar-refractivity contribution < 1.29 is 0 Å². The lowest BCUT2D eigenvalue weighted by atomic mass is 10.3. The van der Waals surface area contributed by atoms with Gasteiger partial charge in [-0.15, -0.1) is 0 Å². The number of nitrogens with one attached hydrogen (secondary N) is 2. The van der Waals surface area contributed by atoms with Gasteiger partial charge in [-0.25, -0.2) is 0 Å². The zero-order chi connectivity index (χ0) is 15.1. The summed E-state index contributed by atoms with van der Waals surface area (Å²) in [6.07, 6.45) is 0. The SMILES string of the molecule is CCNc1nc(NCc2ccsc2)nc(N(CC)CC)n1. The molecule has 2 N–H and O–H groups in total. The van der Waals surface area contributed by atoms with Crippen molar-refractivity contribution in [2.24, 2.45) is 0 Å². The molecule has 0 fully saturated rings. The van der Waals surface area contributed by atoms with Gasteiger partial charge >= 0.3 is 0 Å². The molecule has 2 aromatic rings. The van der Waals surface area contributed by atoms with Gasteiger partial charge in [0.2, 0.25) is 17.8 Å². The molecule has 21 heavy (non-hydrogen) atoms. The van der Waals surface area contributed by atoms with Gasteiger partial charge in [-0.3, -0.25) is 0 Å². The molecule has 2 aromatic heterocycles. The summed E-state index contributed by atoms with van der Waals surface area (Å²) < 4.78 is 0. The molecule has 0 aliphatic heterocycles. The molecule has 0 amide bonds. The van der Waals surface area contributed by atoms with Gasteiger partial charge in [0.05, 0.1) is 0 Å². The molecular formula is C14H22N6S. The average molecular weight is 306 g/mol. The molecule has 0 bridgehead atoms. The van der Waals surface area contributed by atoms with E-state index in [1.807, 2.05) is 6.92 Å². The number of hydrogen-bond acceptors (Lipinski definition) is 7. The lowest BCUT2D eigenvalue weighted by Crippen LogP contribution is -2.25. The summed E-state index contributed by atoms with van der Waals surface area (Å²) in [5.74, 6) is 1.93. The molecule has 2 rings (SSSR count). The van der Waals surface area contributed by atoms with Crippen LogP contribution in [-0.4, -0.2) is 34.6 Å². The summed E-state index contributed by atoms with van der Waals surface area (Å²) in [6.45, 7) is 9.46. The van der Waals surface area contributed by atoms with Crippen molar-refractivity contribution in [2.75, 3.05) is 35.2 Å². The highest BCUT2D eigenvalue weighted by molar-refractivity contribution is 7.07. The van der Waals surface area contributed by atoms with Crippen molar-refractivity contribution in [3.8, 4) is 0 Å². The zero-order valence-corrected chi connectivity index (χ0v) is 13.6. The number of rotatable bonds is 8. The first-order valence-electron chi connectivity index (χ1n) is 7.26. The molecule has 0 aliphatic carbocycles. The molecule has 7 heteroatoms. The molecule has 6 nitrogen and oxygen atoms in total. The van der Waals surface area contributed by atoms with Crippen LogP contribution in [0.3, 0.4) is 0 Å². The van der Waals surface area contributed by atoms with Crippen LogP contribution in [0.2, 0.25) is 0 Å². The first-order chi connectivity index (χ1) is 10.3. The number of aromatic nitrogens is 3. The molecule has 0 aromatic carbocycles. The zero-order valence-electron chi connectivity index (χ0n) is 12.8. The monoisotopic (exact) mass is 306 g/mol. The Morgan fingerprint density at radius 3 is 2.33 bits per heavy atom. The van der Waals surface area contributed by atoms with Gasteiger partial charge < -0.3 is 15.5 Å². The maximum absolute atomic E-state index is 4.51. The first kappa shape index (κ1) is 15.5. The summed E-state index contributed by atoms with van der Waals surface area (Å²) in [4.78, 5) is 15.5. The van der Waals surface area contributed by atoms with Gasteiger partial charge in [0.25, 0.3) is 0 Å². The van der Waals surface area contributed by atoms with Crippen LogP contribution in [0.15, 0.2) is 16.8 Å². The molecule has 0 atom stereocenters. The van der Waals surface area contributed by atoms with Crippen LogP contribution >= 0.6 is 11.3 Å². The van der Waals surface area contributed by atoms with Crippen LogP contribution in [0.4, 0.5) is 17.8 Å². The standard InChI is InChI=1S/C14H22N6S/c1-4-15-12-17-13(16-9-11-7-8-21-10-11)19-14(18-12)20(5-2)6-3/h7-8,10H,4-6,9H2,1-3H3,(H2,15,16,17,18,19). The molecule has 0 spiro atoms. The van der Waals surface area contributed by atoms with Crippen LogP contribution in [0.5, 0.6) is 0 Å². The summed E-state index contributed by atoms with van der Waals surface area (Å²) in [7, 11) is 0. The van der Waals surface area contributed by atoms with Crippen molar-refractivity contribution in [1.29, 1.82) is 0 Å². The minimum Gasteiger partial charge on any atom is -0.354 e. The average Bonchev–Trinajstić information content (AvgIpc) is 3.00. The highest BCUT2D eigenvalue weighted by Gasteiger charge is 2.10. The van der Waals surface area contributed by atoms with E-state index in [0.29, 0.717) is 17.8 Å². The quantitative estimate of drug-likeness (QED) is 0.782. The number of hydrogen-bond donors (Lipinski definition) is 2. The summed E-state index contributed by atoms with van der Waals surface area (Å²) in [5.41, 5.74) is 1.23. The van der Waals surface area contributed by atoms with Crippen LogP contribution in [0.1, 0.15) is 26.3 Å². The third-order valence-electron chi connectivity index (χ3n) is 3.04. The van der Waals surface area contributed by atoms with Crippen molar-refractivity contribution >= 4 is 29.2 Å². The lowest BCUT2D eigenvalue weighted by Gasteiger charge is -2.19. The molecule has 0 saturated heterocycles. The summed E-state index contributed by atoms with van der Waals surface area (Å²) >= 11 is 1.69. The van der Waals surface area contributed by atoms with Gasteiger partial charge in [-0.1, -0.05) is 0 Å². The van der Waals surface area contributed by atoms with E-state index in [0.717, 1.165) is 26.2 Å². The molecule has 114 valence electrons. The number of anilines is 3. The minimum absolute atomic E-state index is 0.606. The first-order valence-corrected chi connectivity index (χ1v) is 8.20. The Morgan fingerprint density at radius 2 is 1.76 bits per heavy atom. The molecular weight excluding hydrogens is 284 g/mol. The minimum atomic E-state index is 0.606. The van der Waals surface area contributed by atoms with Crippen molar-refractivity contribution in [3.63, 3.8) is 0 Å². The third kappa shape index (κ3) is 4.29. The Bertz CT molecular complexity index is 538. The van der Waals surface area contributed by atoms with Crippen molar-refractivity contribution in [2.45, 2.75) is 27.3 Å². The Morgan fingerprint density at radius 1 is 1.05 bits per heavy atom. The van der Waals surface area contributed by atoms with E-state index in [9.17, 15) is 0 Å². The highest BCUT2D eigenvalue weighted by atomic mass is 32.1. The van der Waals surface area contributed by atoms with Gasteiger partial charge in [-0.05, 0) is 43.2 Å². The van der Waals surface area contributed by atoms with Crippen LogP contribution in [0.25, 0.3) is 0 Å². The van der Waals surface area contributed by atoms with Crippen molar-refractivity contribution in [3.05, 3.63) is 22.4 Å². The van der Waals surface area contributed by atoms with E-state index >= 15 is 0 Å². The second-order valence-electron chi connectivity index (χ2n) is 4.47. The predicted octanol–water partition coefficient (Wildman–Crippen LogP) is 2.82. The lowest BCUT2D eigenvalue weighted by molar-refractivity contribution is 0.811. The molecule has 0 radical (unpaired) electrons. The smallest absolute Gasteiger partial charge is 0.231 e. The topological polar surface area (TPSA) is 66.0 Å². The van der Waals surface area contributed by atoms with E-state index in [4.69, 9.17) is 0 Å². The summed E-state index contributed by atoms with van der Waals surface area (Å²) in [6, 6.07) is 2.09. The fourth-order valence-corrected chi connectivity index (χ4v) is 2.57. The fraction of sp³-hybridized carbons (Fsp3) is 0.500. The van der Waals surface area contributed by atoms with Crippen LogP contribution < -0.4 is 15.5 Å². The van der Waals surface area contributed by atoms with Crippen molar-refractivity contribution in [1.82, 2.24) is 15.0 Å². The summed E-state index contributed by atoms with van der Waals surface area (Å²) in [5, 5.41) is 10.6. The second-order valence-corrected chi connectivity index (χ2v) is 5.25. The maximum atomic E-state index is 4.51. The second kappa shape index (κ2) is 7.78. The van der Waals surface area contributed by atoms with E-state index in [2.05, 4.69) is 61.2 Å². The van der Waals surface area contributed by atoms with E-state index in [1.54, 1.807) is 11.3 Å². The van der Waals surface area contributed by atoms with E-state index < -0.39 is 0 Å². The normalized spacial score (nSPS) is 10.4. The van der Waals surface area contributed by atoms with Gasteiger partial charge in [0.1, 0.15) is 0 Å². The molecule has 0 aliphatic rings.